The Kier molecular flexibility index (Phi) is 6.39. The Labute approximate surface area is 287 Å². The molecule has 0 aliphatic rings. The van der Waals surface area contributed by atoms with Gasteiger partial charge in [0.1, 0.15) is 0 Å². The van der Waals surface area contributed by atoms with Crippen LogP contribution in [0.4, 0.5) is 0 Å². The second-order valence-electron chi connectivity index (χ2n) is 12.4. The van der Waals surface area contributed by atoms with Gasteiger partial charge in [0.05, 0.1) is 27.6 Å². The van der Waals surface area contributed by atoms with Gasteiger partial charge >= 0.3 is 0 Å². The Morgan fingerprint density at radius 2 is 0.900 bits per heavy atom. The van der Waals surface area contributed by atoms with Crippen LogP contribution < -0.4 is 0 Å². The fourth-order valence-electron chi connectivity index (χ4n) is 7.14. The molecule has 6 nitrogen and oxygen atoms in total. The lowest BCUT2D eigenvalue weighted by molar-refractivity contribution is 0.953. The predicted molar refractivity (Wildman–Crippen MR) is 203 cm³/mol. The predicted octanol–water partition coefficient (Wildman–Crippen LogP) is 10.5. The third-order valence-electron chi connectivity index (χ3n) is 9.43. The molecule has 0 atom stereocenters. The van der Waals surface area contributed by atoms with Gasteiger partial charge in [-0.05, 0) is 65.7 Å². The first-order valence-corrected chi connectivity index (χ1v) is 16.7. The van der Waals surface area contributed by atoms with E-state index in [-0.39, 0.29) is 0 Å². The minimum Gasteiger partial charge on any atom is -0.308 e. The standard InChI is InChI=1S/C44H28N6/c1-4-13-29(14-5-1)42-46-43(30-15-6-2-7-16-30)48-44(47-42)50-37-20-11-10-19-34(37)35-27-31(22-24-38(35)50)32-23-25-39-36(28-32)41-40(21-12-26-45-41)49(39)33-17-8-3-9-18-33/h1-28H. The van der Waals surface area contributed by atoms with Crippen molar-refractivity contribution in [2.24, 2.45) is 0 Å². The molecule has 0 saturated heterocycles. The molecule has 0 bridgehead atoms. The molecule has 0 spiro atoms. The van der Waals surface area contributed by atoms with Gasteiger partial charge in [0.15, 0.2) is 11.6 Å². The van der Waals surface area contributed by atoms with Crippen LogP contribution in [0.2, 0.25) is 0 Å². The van der Waals surface area contributed by atoms with E-state index in [0.29, 0.717) is 17.6 Å². The number of nitrogens with zero attached hydrogens (tertiary/aromatic N) is 6. The van der Waals surface area contributed by atoms with E-state index in [4.69, 9.17) is 19.9 Å². The maximum Gasteiger partial charge on any atom is 0.238 e. The molecule has 0 aliphatic carbocycles. The highest BCUT2D eigenvalue weighted by Crippen LogP contribution is 2.37. The molecule has 0 radical (unpaired) electrons. The van der Waals surface area contributed by atoms with Crippen molar-refractivity contribution in [3.63, 3.8) is 0 Å². The number of pyridine rings is 1. The molecule has 0 amide bonds. The van der Waals surface area contributed by atoms with Gasteiger partial charge in [0, 0.05) is 39.2 Å². The van der Waals surface area contributed by atoms with Crippen LogP contribution in [0.5, 0.6) is 0 Å². The van der Waals surface area contributed by atoms with Crippen molar-refractivity contribution in [2.45, 2.75) is 0 Å². The van der Waals surface area contributed by atoms with Crippen molar-refractivity contribution < 1.29 is 0 Å². The summed E-state index contributed by atoms with van der Waals surface area (Å²) in [5.74, 6) is 1.85. The number of para-hydroxylation sites is 2. The lowest BCUT2D eigenvalue weighted by Crippen LogP contribution is -2.06. The molecule has 10 aromatic rings. The average molecular weight is 641 g/mol. The Balaban J connectivity index is 1.17. The average Bonchev–Trinajstić information content (AvgIpc) is 3.71. The quantitative estimate of drug-likeness (QED) is 0.188. The van der Waals surface area contributed by atoms with E-state index in [2.05, 4.69) is 100 Å². The summed E-state index contributed by atoms with van der Waals surface area (Å²) in [6, 6.07) is 56.7. The number of fused-ring (bicyclic) bond motifs is 6. The highest BCUT2D eigenvalue weighted by Gasteiger charge is 2.19. The third-order valence-corrected chi connectivity index (χ3v) is 9.43. The zero-order valence-corrected chi connectivity index (χ0v) is 26.8. The fraction of sp³-hybridized carbons (Fsp3) is 0. The number of hydrogen-bond donors (Lipinski definition) is 0. The zero-order valence-electron chi connectivity index (χ0n) is 26.8. The maximum atomic E-state index is 5.07. The SMILES string of the molecule is c1ccc(-c2nc(-c3ccccc3)nc(-n3c4ccccc4c4cc(-c5ccc6c(c5)c5ncccc5n6-c5ccccc5)ccc43)n2)cc1. The van der Waals surface area contributed by atoms with Crippen molar-refractivity contribution in [1.82, 2.24) is 29.1 Å². The first-order chi connectivity index (χ1) is 24.8. The van der Waals surface area contributed by atoms with Gasteiger partial charge in [0.2, 0.25) is 5.95 Å². The summed E-state index contributed by atoms with van der Waals surface area (Å²) in [6.45, 7) is 0. The lowest BCUT2D eigenvalue weighted by Gasteiger charge is -2.11. The first-order valence-electron chi connectivity index (χ1n) is 16.7. The molecule has 50 heavy (non-hydrogen) atoms. The minimum atomic E-state index is 0.581. The van der Waals surface area contributed by atoms with Gasteiger partial charge in [-0.15, -0.1) is 0 Å². The van der Waals surface area contributed by atoms with Gasteiger partial charge in [0.25, 0.3) is 0 Å². The lowest BCUT2D eigenvalue weighted by atomic mass is 10.0. The fourth-order valence-corrected chi connectivity index (χ4v) is 7.14. The molecule has 0 N–H and O–H groups in total. The molecular formula is C44H28N6. The molecule has 6 heteroatoms. The van der Waals surface area contributed by atoms with Gasteiger partial charge in [-0.2, -0.15) is 9.97 Å². The maximum absolute atomic E-state index is 5.07. The van der Waals surface area contributed by atoms with Gasteiger partial charge in [-0.1, -0.05) is 109 Å². The summed E-state index contributed by atoms with van der Waals surface area (Å²) in [5, 5.41) is 3.39. The van der Waals surface area contributed by atoms with Crippen LogP contribution in [0.1, 0.15) is 0 Å². The van der Waals surface area contributed by atoms with E-state index in [1.54, 1.807) is 0 Å². The van der Waals surface area contributed by atoms with Crippen molar-refractivity contribution >= 4 is 43.7 Å². The van der Waals surface area contributed by atoms with Crippen LogP contribution >= 0.6 is 0 Å². The second kappa shape index (κ2) is 11.4. The number of rotatable bonds is 5. The van der Waals surface area contributed by atoms with Crippen LogP contribution in [0.15, 0.2) is 170 Å². The van der Waals surface area contributed by atoms with Crippen LogP contribution in [-0.4, -0.2) is 29.1 Å². The van der Waals surface area contributed by atoms with E-state index >= 15 is 0 Å². The number of aromatic nitrogens is 6. The van der Waals surface area contributed by atoms with Crippen LogP contribution in [0.25, 0.3) is 89.3 Å². The molecule has 0 aliphatic heterocycles. The molecule has 0 saturated carbocycles. The van der Waals surface area contributed by atoms with E-state index in [9.17, 15) is 0 Å². The number of benzene rings is 6. The highest BCUT2D eigenvalue weighted by atomic mass is 15.2. The second-order valence-corrected chi connectivity index (χ2v) is 12.4. The molecule has 4 heterocycles. The van der Waals surface area contributed by atoms with Gasteiger partial charge < -0.3 is 4.57 Å². The molecule has 10 rings (SSSR count). The van der Waals surface area contributed by atoms with Crippen molar-refractivity contribution in [3.05, 3.63) is 170 Å². The smallest absolute Gasteiger partial charge is 0.238 e. The largest absolute Gasteiger partial charge is 0.308 e. The summed E-state index contributed by atoms with van der Waals surface area (Å²) in [4.78, 5) is 19.9. The van der Waals surface area contributed by atoms with Gasteiger partial charge in [-0.3, -0.25) is 9.55 Å². The number of hydrogen-bond acceptors (Lipinski definition) is 4. The van der Waals surface area contributed by atoms with Crippen LogP contribution in [0.3, 0.4) is 0 Å². The van der Waals surface area contributed by atoms with E-state index in [0.717, 1.165) is 71.7 Å². The van der Waals surface area contributed by atoms with E-state index < -0.39 is 0 Å². The molecular weight excluding hydrogens is 613 g/mol. The van der Waals surface area contributed by atoms with Crippen LogP contribution in [-0.2, 0) is 0 Å². The van der Waals surface area contributed by atoms with Gasteiger partial charge in [-0.25, -0.2) is 4.98 Å². The molecule has 4 aromatic heterocycles. The van der Waals surface area contributed by atoms with Crippen LogP contribution in [0, 0.1) is 0 Å². The first kappa shape index (κ1) is 28.1. The summed E-state index contributed by atoms with van der Waals surface area (Å²) < 4.78 is 4.45. The molecule has 234 valence electrons. The summed E-state index contributed by atoms with van der Waals surface area (Å²) in [5.41, 5.74) is 10.5. The molecule has 0 fully saturated rings. The Hall–Kier alpha value is -6.92. The zero-order chi connectivity index (χ0) is 33.0. The Bertz CT molecular complexity index is 2800. The van der Waals surface area contributed by atoms with Crippen molar-refractivity contribution in [3.8, 4) is 45.5 Å². The third kappa shape index (κ3) is 4.50. The monoisotopic (exact) mass is 640 g/mol. The normalized spacial score (nSPS) is 11.6. The highest BCUT2D eigenvalue weighted by molar-refractivity contribution is 6.11. The molecule has 6 aromatic carbocycles. The van der Waals surface area contributed by atoms with Crippen molar-refractivity contribution in [2.75, 3.05) is 0 Å². The topological polar surface area (TPSA) is 61.4 Å². The van der Waals surface area contributed by atoms with E-state index in [1.165, 1.54) is 0 Å². The minimum absolute atomic E-state index is 0.581. The summed E-state index contributed by atoms with van der Waals surface area (Å²) >= 11 is 0. The Morgan fingerprint density at radius 3 is 1.58 bits per heavy atom. The molecule has 0 unspecified atom stereocenters. The van der Waals surface area contributed by atoms with Crippen molar-refractivity contribution in [1.29, 1.82) is 0 Å². The summed E-state index contributed by atoms with van der Waals surface area (Å²) in [7, 11) is 0. The van der Waals surface area contributed by atoms with E-state index in [1.807, 2.05) is 79.0 Å². The Morgan fingerprint density at radius 1 is 0.360 bits per heavy atom. The summed E-state index contributed by atoms with van der Waals surface area (Å²) in [6.07, 6.45) is 1.87.